The summed E-state index contributed by atoms with van der Waals surface area (Å²) in [5, 5.41) is 1.72. The third-order valence-electron chi connectivity index (χ3n) is 10.7. The quantitative estimate of drug-likeness (QED) is 0.167. The Morgan fingerprint density at radius 2 is 0.840 bits per heavy atom. The molecule has 2 aliphatic rings. The highest BCUT2D eigenvalue weighted by atomic mass is 19.4. The first kappa shape index (κ1) is 29.0. The van der Waals surface area contributed by atoms with E-state index in [1.807, 2.05) is 24.3 Å². The summed E-state index contributed by atoms with van der Waals surface area (Å²) >= 11 is 0. The summed E-state index contributed by atoms with van der Waals surface area (Å²) in [5.41, 5.74) is 12.0. The van der Waals surface area contributed by atoms with Gasteiger partial charge in [-0.15, -0.1) is 0 Å². The van der Waals surface area contributed by atoms with Crippen molar-refractivity contribution in [1.29, 1.82) is 0 Å². The Bertz CT molecular complexity index is 2440. The zero-order valence-corrected chi connectivity index (χ0v) is 26.5. The van der Waals surface area contributed by atoms with Gasteiger partial charge in [0.25, 0.3) is 0 Å². The van der Waals surface area contributed by atoms with E-state index in [2.05, 4.69) is 109 Å². The molecule has 5 heteroatoms. The Morgan fingerprint density at radius 1 is 0.440 bits per heavy atom. The third kappa shape index (κ3) is 4.13. The van der Waals surface area contributed by atoms with Crippen molar-refractivity contribution < 1.29 is 17.6 Å². The second-order valence-corrected chi connectivity index (χ2v) is 13.3. The number of nitrogens with zero attached hydrogens (tertiary/aromatic N) is 1. The molecule has 0 radical (unpaired) electrons. The predicted molar refractivity (Wildman–Crippen MR) is 191 cm³/mol. The van der Waals surface area contributed by atoms with E-state index in [4.69, 9.17) is 0 Å². The summed E-state index contributed by atoms with van der Waals surface area (Å²) in [5.74, 6) is -0.762. The molecule has 0 unspecified atom stereocenters. The van der Waals surface area contributed by atoms with Crippen molar-refractivity contribution in [2.45, 2.75) is 18.0 Å². The van der Waals surface area contributed by atoms with Gasteiger partial charge < -0.3 is 4.57 Å². The average Bonchev–Trinajstić information content (AvgIpc) is 3.77. The van der Waals surface area contributed by atoms with Crippen molar-refractivity contribution in [2.24, 2.45) is 0 Å². The summed E-state index contributed by atoms with van der Waals surface area (Å²) in [7, 11) is 0. The molecule has 1 nitrogen and oxygen atoms in total. The first-order valence-corrected chi connectivity index (χ1v) is 16.7. The maximum atomic E-state index is 15.7. The van der Waals surface area contributed by atoms with Crippen molar-refractivity contribution in [3.63, 3.8) is 0 Å². The van der Waals surface area contributed by atoms with E-state index < -0.39 is 17.6 Å². The Kier molecular flexibility index (Phi) is 6.11. The Morgan fingerprint density at radius 3 is 1.24 bits per heavy atom. The molecule has 0 bridgehead atoms. The molecule has 0 saturated carbocycles. The van der Waals surface area contributed by atoms with E-state index in [9.17, 15) is 13.2 Å². The van der Waals surface area contributed by atoms with Crippen LogP contribution in [0, 0.1) is 5.82 Å². The van der Waals surface area contributed by atoms with Gasteiger partial charge in [0.2, 0.25) is 0 Å². The Hall–Kier alpha value is -5.94. The molecule has 50 heavy (non-hydrogen) atoms. The monoisotopic (exact) mass is 657 g/mol. The summed E-state index contributed by atoms with van der Waals surface area (Å²) in [6.45, 7) is 0. The van der Waals surface area contributed by atoms with Crippen LogP contribution in [-0.2, 0) is 6.18 Å². The second kappa shape index (κ2) is 10.5. The molecule has 0 fully saturated rings. The zero-order valence-electron chi connectivity index (χ0n) is 26.5. The average molecular weight is 658 g/mol. The van der Waals surface area contributed by atoms with Gasteiger partial charge in [-0.1, -0.05) is 109 Å². The number of fused-ring (bicyclic) bond motifs is 9. The lowest BCUT2D eigenvalue weighted by atomic mass is 9.87. The van der Waals surface area contributed by atoms with E-state index in [0.717, 1.165) is 40.1 Å². The maximum absolute atomic E-state index is 15.7. The van der Waals surface area contributed by atoms with Crippen LogP contribution in [0.15, 0.2) is 152 Å². The highest BCUT2D eigenvalue weighted by molar-refractivity contribution is 6.10. The molecule has 1 aromatic heterocycles. The predicted octanol–water partition coefficient (Wildman–Crippen LogP) is 12.3. The van der Waals surface area contributed by atoms with Crippen LogP contribution < -0.4 is 0 Å². The van der Waals surface area contributed by atoms with Crippen LogP contribution in [0.2, 0.25) is 0 Å². The minimum Gasteiger partial charge on any atom is -0.306 e. The molecule has 240 valence electrons. The van der Waals surface area contributed by atoms with E-state index in [1.54, 1.807) is 4.57 Å². The van der Waals surface area contributed by atoms with Gasteiger partial charge in [0, 0.05) is 22.6 Å². The number of hydrogen-bond acceptors (Lipinski definition) is 0. The SMILES string of the molecule is Fc1ccc(C(F)(F)F)cc1-n1c2ccc(C3c4ccccc4-c4ccccc43)cc2c2cc(C3c4ccccc4-c4ccccc43)ccc21. The molecule has 0 N–H and O–H groups in total. The van der Waals surface area contributed by atoms with E-state index in [0.29, 0.717) is 11.0 Å². The van der Waals surface area contributed by atoms with Gasteiger partial charge in [-0.05, 0) is 98.1 Å². The third-order valence-corrected chi connectivity index (χ3v) is 10.7. The summed E-state index contributed by atoms with van der Waals surface area (Å²) in [6, 6.07) is 48.6. The van der Waals surface area contributed by atoms with Gasteiger partial charge in [-0.25, -0.2) is 4.39 Å². The van der Waals surface area contributed by atoms with Gasteiger partial charge in [0.05, 0.1) is 22.3 Å². The van der Waals surface area contributed by atoms with Gasteiger partial charge in [0.15, 0.2) is 0 Å². The molecule has 0 amide bonds. The van der Waals surface area contributed by atoms with Gasteiger partial charge in [-0.3, -0.25) is 0 Å². The summed E-state index contributed by atoms with van der Waals surface area (Å²) < 4.78 is 59.3. The Labute approximate surface area is 285 Å². The van der Waals surface area contributed by atoms with Crippen LogP contribution in [0.1, 0.15) is 50.8 Å². The number of rotatable bonds is 3. The van der Waals surface area contributed by atoms with Crippen molar-refractivity contribution in [3.05, 3.63) is 196 Å². The lowest BCUT2D eigenvalue weighted by Crippen LogP contribution is -2.07. The fourth-order valence-corrected chi connectivity index (χ4v) is 8.57. The fraction of sp³-hybridized carbons (Fsp3) is 0.0667. The topological polar surface area (TPSA) is 4.93 Å². The first-order chi connectivity index (χ1) is 24.4. The number of hydrogen-bond donors (Lipinski definition) is 0. The van der Waals surface area contributed by atoms with Crippen molar-refractivity contribution in [3.8, 4) is 27.9 Å². The zero-order chi connectivity index (χ0) is 33.7. The number of halogens is 4. The fourth-order valence-electron chi connectivity index (χ4n) is 8.57. The van der Waals surface area contributed by atoms with Crippen LogP contribution in [0.3, 0.4) is 0 Å². The number of alkyl halides is 3. The number of aromatic nitrogens is 1. The van der Waals surface area contributed by atoms with E-state index in [-0.39, 0.29) is 17.5 Å². The van der Waals surface area contributed by atoms with Crippen molar-refractivity contribution in [2.75, 3.05) is 0 Å². The summed E-state index contributed by atoms with van der Waals surface area (Å²) in [6.07, 6.45) is -4.62. The minimum atomic E-state index is -4.62. The van der Waals surface area contributed by atoms with E-state index in [1.165, 1.54) is 44.5 Å². The highest BCUT2D eigenvalue weighted by Crippen LogP contribution is 2.51. The number of benzene rings is 7. The van der Waals surface area contributed by atoms with E-state index >= 15 is 4.39 Å². The van der Waals surface area contributed by atoms with Crippen LogP contribution >= 0.6 is 0 Å². The van der Waals surface area contributed by atoms with Crippen LogP contribution in [0.4, 0.5) is 17.6 Å². The van der Waals surface area contributed by atoms with Crippen LogP contribution in [0.25, 0.3) is 49.7 Å². The molecule has 0 atom stereocenters. The lowest BCUT2D eigenvalue weighted by Gasteiger charge is -2.16. The standard InChI is InChI=1S/C45H27F4N/c46-39-20-19-28(45(47,48)49)25-42(39)50-40-21-17-26(43-33-13-5-1-9-29(33)30-10-2-6-14-34(30)43)23-37(40)38-24-27(18-22-41(38)50)44-35-15-7-3-11-31(35)32-12-4-8-16-36(32)44/h1-25,43-44H. The molecule has 8 aromatic rings. The Balaban J connectivity index is 1.25. The normalized spacial score (nSPS) is 13.8. The van der Waals surface area contributed by atoms with Crippen molar-refractivity contribution >= 4 is 21.8 Å². The summed E-state index contributed by atoms with van der Waals surface area (Å²) in [4.78, 5) is 0. The van der Waals surface area contributed by atoms with Crippen LogP contribution in [-0.4, -0.2) is 4.57 Å². The smallest absolute Gasteiger partial charge is 0.306 e. The van der Waals surface area contributed by atoms with Gasteiger partial charge in [-0.2, -0.15) is 13.2 Å². The molecule has 2 aliphatic carbocycles. The molecule has 7 aromatic carbocycles. The maximum Gasteiger partial charge on any atom is 0.416 e. The molecule has 0 spiro atoms. The second-order valence-electron chi connectivity index (χ2n) is 13.3. The lowest BCUT2D eigenvalue weighted by molar-refractivity contribution is -0.137. The minimum absolute atomic E-state index is 0.0211. The largest absolute Gasteiger partial charge is 0.416 e. The van der Waals surface area contributed by atoms with Gasteiger partial charge in [0.1, 0.15) is 5.82 Å². The molecule has 0 aliphatic heterocycles. The molecular formula is C45H27F4N. The molecule has 10 rings (SSSR count). The first-order valence-electron chi connectivity index (χ1n) is 16.7. The molecule has 1 heterocycles. The molecular weight excluding hydrogens is 630 g/mol. The highest BCUT2D eigenvalue weighted by Gasteiger charge is 2.34. The van der Waals surface area contributed by atoms with Crippen LogP contribution in [0.5, 0.6) is 0 Å². The van der Waals surface area contributed by atoms with Crippen molar-refractivity contribution in [1.82, 2.24) is 4.57 Å². The van der Waals surface area contributed by atoms with Gasteiger partial charge >= 0.3 is 6.18 Å². The molecule has 0 saturated heterocycles.